The molecule has 1 rings (SSSR count). The van der Waals surface area contributed by atoms with E-state index < -0.39 is 13.4 Å². The van der Waals surface area contributed by atoms with Crippen molar-refractivity contribution in [1.82, 2.24) is 0 Å². The Morgan fingerprint density at radius 2 is 1.90 bits per heavy atom. The smallest absolute Gasteiger partial charge is 0.404 e. The van der Waals surface area contributed by atoms with Crippen LogP contribution in [0.2, 0.25) is 0 Å². The summed E-state index contributed by atoms with van der Waals surface area (Å²) in [6, 6.07) is 5.41. The lowest BCUT2D eigenvalue weighted by Crippen LogP contribution is -2.24. The minimum Gasteiger partial charge on any atom is -0.404 e. The van der Waals surface area contributed by atoms with Crippen molar-refractivity contribution in [2.45, 2.75) is 65.9 Å². The average molecular weight is 314 g/mol. The zero-order valence-corrected chi connectivity index (χ0v) is 14.6. The average Bonchev–Trinajstić information content (AvgIpc) is 2.33. The standard InChI is InChI=1S/C16H27O4P/c1-6-7-8-12-16(4,5)20-21(17,18)19-15-11-9-10-13(2)14(15)3/h9-11H,6-8,12H2,1-5H3,(H,17,18). The van der Waals surface area contributed by atoms with Crippen LogP contribution in [0.4, 0.5) is 0 Å². The van der Waals surface area contributed by atoms with E-state index in [0.717, 1.165) is 36.8 Å². The summed E-state index contributed by atoms with van der Waals surface area (Å²) >= 11 is 0. The number of rotatable bonds is 8. The van der Waals surface area contributed by atoms with Crippen molar-refractivity contribution in [3.05, 3.63) is 29.3 Å². The summed E-state index contributed by atoms with van der Waals surface area (Å²) in [5.41, 5.74) is 1.17. The van der Waals surface area contributed by atoms with Gasteiger partial charge in [-0.3, -0.25) is 9.42 Å². The van der Waals surface area contributed by atoms with Gasteiger partial charge in [0.15, 0.2) is 0 Å². The third-order valence-corrected chi connectivity index (χ3v) is 4.67. The molecule has 120 valence electrons. The first-order valence-electron chi connectivity index (χ1n) is 7.46. The van der Waals surface area contributed by atoms with Gasteiger partial charge in [0.1, 0.15) is 5.75 Å². The van der Waals surface area contributed by atoms with Gasteiger partial charge in [-0.05, 0) is 51.3 Å². The van der Waals surface area contributed by atoms with E-state index in [9.17, 15) is 9.46 Å². The minimum atomic E-state index is -4.13. The molecule has 4 nitrogen and oxygen atoms in total. The van der Waals surface area contributed by atoms with Crippen LogP contribution in [0.25, 0.3) is 0 Å². The maximum absolute atomic E-state index is 12.2. The second-order valence-corrected chi connectivity index (χ2v) is 7.37. The van der Waals surface area contributed by atoms with Crippen molar-refractivity contribution < 1.29 is 18.5 Å². The van der Waals surface area contributed by atoms with Gasteiger partial charge in [-0.2, -0.15) is 0 Å². The molecular weight excluding hydrogens is 287 g/mol. The maximum atomic E-state index is 12.2. The van der Waals surface area contributed by atoms with Gasteiger partial charge in [0.2, 0.25) is 0 Å². The highest BCUT2D eigenvalue weighted by Crippen LogP contribution is 2.49. The van der Waals surface area contributed by atoms with E-state index in [2.05, 4.69) is 6.92 Å². The summed E-state index contributed by atoms with van der Waals surface area (Å²) in [7, 11) is -4.13. The summed E-state index contributed by atoms with van der Waals surface area (Å²) in [6.07, 6.45) is 3.88. The van der Waals surface area contributed by atoms with Crippen LogP contribution in [-0.4, -0.2) is 10.5 Å². The Labute approximate surface area is 128 Å². The summed E-state index contributed by atoms with van der Waals surface area (Å²) in [5.74, 6) is 0.394. The van der Waals surface area contributed by atoms with Gasteiger partial charge in [0, 0.05) is 0 Å². The Balaban J connectivity index is 2.73. The zero-order valence-electron chi connectivity index (χ0n) is 13.7. The van der Waals surface area contributed by atoms with Crippen LogP contribution in [0, 0.1) is 13.8 Å². The molecule has 0 spiro atoms. The molecule has 0 aliphatic rings. The predicted octanol–water partition coefficient (Wildman–Crippen LogP) is 5.16. The molecule has 0 fully saturated rings. The molecule has 1 unspecified atom stereocenters. The molecule has 0 amide bonds. The van der Waals surface area contributed by atoms with Crippen molar-refractivity contribution in [2.75, 3.05) is 0 Å². The van der Waals surface area contributed by atoms with E-state index in [1.165, 1.54) is 0 Å². The van der Waals surface area contributed by atoms with E-state index >= 15 is 0 Å². The quantitative estimate of drug-likeness (QED) is 0.532. The van der Waals surface area contributed by atoms with Crippen molar-refractivity contribution in [2.24, 2.45) is 0 Å². The molecule has 1 N–H and O–H groups in total. The van der Waals surface area contributed by atoms with Gasteiger partial charge < -0.3 is 4.52 Å². The predicted molar refractivity (Wildman–Crippen MR) is 85.7 cm³/mol. The van der Waals surface area contributed by atoms with Crippen LogP contribution in [0.3, 0.4) is 0 Å². The van der Waals surface area contributed by atoms with Gasteiger partial charge in [-0.15, -0.1) is 0 Å². The highest BCUT2D eigenvalue weighted by atomic mass is 31.2. The first-order valence-corrected chi connectivity index (χ1v) is 8.96. The van der Waals surface area contributed by atoms with E-state index in [1.54, 1.807) is 12.1 Å². The topological polar surface area (TPSA) is 55.8 Å². The molecule has 0 heterocycles. The second-order valence-electron chi connectivity index (χ2n) is 6.07. The number of phosphoric ester groups is 1. The fourth-order valence-corrected chi connectivity index (χ4v) is 3.32. The zero-order chi connectivity index (χ0) is 16.1. The largest absolute Gasteiger partial charge is 0.527 e. The Morgan fingerprint density at radius 3 is 2.52 bits per heavy atom. The lowest BCUT2D eigenvalue weighted by atomic mass is 10.0. The second kappa shape index (κ2) is 7.44. The molecule has 1 aromatic rings. The molecule has 21 heavy (non-hydrogen) atoms. The van der Waals surface area contributed by atoms with E-state index in [4.69, 9.17) is 9.05 Å². The van der Waals surface area contributed by atoms with E-state index in [1.807, 2.05) is 33.8 Å². The Hall–Kier alpha value is -0.830. The van der Waals surface area contributed by atoms with Gasteiger partial charge in [-0.1, -0.05) is 38.3 Å². The van der Waals surface area contributed by atoms with E-state index in [-0.39, 0.29) is 0 Å². The normalized spacial score (nSPS) is 14.8. The molecular formula is C16H27O4P. The molecule has 0 radical (unpaired) electrons. The van der Waals surface area contributed by atoms with Crippen LogP contribution in [0.1, 0.15) is 57.6 Å². The number of hydrogen-bond acceptors (Lipinski definition) is 3. The number of benzene rings is 1. The number of unbranched alkanes of at least 4 members (excludes halogenated alkanes) is 2. The van der Waals surface area contributed by atoms with Gasteiger partial charge in [-0.25, -0.2) is 4.57 Å². The lowest BCUT2D eigenvalue weighted by molar-refractivity contribution is 0.0588. The van der Waals surface area contributed by atoms with Crippen molar-refractivity contribution in [1.29, 1.82) is 0 Å². The summed E-state index contributed by atoms with van der Waals surface area (Å²) in [5, 5.41) is 0. The highest BCUT2D eigenvalue weighted by molar-refractivity contribution is 7.47. The van der Waals surface area contributed by atoms with E-state index in [0.29, 0.717) is 5.75 Å². The Morgan fingerprint density at radius 1 is 1.24 bits per heavy atom. The summed E-state index contributed by atoms with van der Waals surface area (Å²) in [4.78, 5) is 9.99. The number of aryl methyl sites for hydroxylation is 1. The first-order chi connectivity index (χ1) is 9.67. The summed E-state index contributed by atoms with van der Waals surface area (Å²) in [6.45, 7) is 9.54. The third-order valence-electron chi connectivity index (χ3n) is 3.51. The first kappa shape index (κ1) is 18.2. The van der Waals surface area contributed by atoms with Crippen molar-refractivity contribution in [3.8, 4) is 5.75 Å². The molecule has 5 heteroatoms. The van der Waals surface area contributed by atoms with Gasteiger partial charge in [0.05, 0.1) is 5.60 Å². The molecule has 0 bridgehead atoms. The lowest BCUT2D eigenvalue weighted by Gasteiger charge is -2.27. The monoisotopic (exact) mass is 314 g/mol. The number of hydrogen-bond donors (Lipinski definition) is 1. The fraction of sp³-hybridized carbons (Fsp3) is 0.625. The van der Waals surface area contributed by atoms with Crippen LogP contribution in [0.15, 0.2) is 18.2 Å². The molecule has 0 saturated heterocycles. The number of phosphoric acid groups is 1. The summed E-state index contributed by atoms with van der Waals surface area (Å²) < 4.78 is 22.8. The molecule has 1 aromatic carbocycles. The van der Waals surface area contributed by atoms with Crippen LogP contribution < -0.4 is 4.52 Å². The minimum absolute atomic E-state index is 0.394. The van der Waals surface area contributed by atoms with Crippen LogP contribution in [0.5, 0.6) is 5.75 Å². The molecule has 0 aliphatic heterocycles. The SMILES string of the molecule is CCCCCC(C)(C)OP(=O)(O)Oc1cccc(C)c1C. The Bertz CT molecular complexity index is 511. The maximum Gasteiger partial charge on any atom is 0.527 e. The van der Waals surface area contributed by atoms with Crippen molar-refractivity contribution >= 4 is 7.82 Å². The molecule has 1 atom stereocenters. The highest BCUT2D eigenvalue weighted by Gasteiger charge is 2.33. The van der Waals surface area contributed by atoms with Gasteiger partial charge >= 0.3 is 7.82 Å². The third kappa shape index (κ3) is 6.21. The Kier molecular flexibility index (Phi) is 6.45. The van der Waals surface area contributed by atoms with Crippen molar-refractivity contribution in [3.63, 3.8) is 0 Å². The van der Waals surface area contributed by atoms with Gasteiger partial charge in [0.25, 0.3) is 0 Å². The molecule has 0 aromatic heterocycles. The van der Waals surface area contributed by atoms with Crippen LogP contribution >= 0.6 is 7.82 Å². The molecule has 0 saturated carbocycles. The molecule has 0 aliphatic carbocycles. The van der Waals surface area contributed by atoms with Crippen LogP contribution in [-0.2, 0) is 9.09 Å². The fourth-order valence-electron chi connectivity index (χ4n) is 2.12.